The van der Waals surface area contributed by atoms with Crippen molar-refractivity contribution < 1.29 is 14.3 Å². The van der Waals surface area contributed by atoms with Gasteiger partial charge in [0.15, 0.2) is 0 Å². The van der Waals surface area contributed by atoms with E-state index in [1.54, 1.807) is 30.5 Å². The molecule has 6 heteroatoms. The summed E-state index contributed by atoms with van der Waals surface area (Å²) >= 11 is 0. The minimum absolute atomic E-state index is 0.336. The molecule has 1 aromatic heterocycles. The summed E-state index contributed by atoms with van der Waals surface area (Å²) in [4.78, 5) is 27.6. The molecule has 23 heavy (non-hydrogen) atoms. The Labute approximate surface area is 134 Å². The van der Waals surface area contributed by atoms with Gasteiger partial charge in [0, 0.05) is 11.9 Å². The number of hydrogen-bond acceptors (Lipinski definition) is 4. The van der Waals surface area contributed by atoms with Crippen LogP contribution in [0.5, 0.6) is 0 Å². The van der Waals surface area contributed by atoms with Crippen molar-refractivity contribution in [3.8, 4) is 0 Å². The number of anilines is 1. The number of ether oxygens (including phenoxy) is 1. The predicted octanol–water partition coefficient (Wildman–Crippen LogP) is 2.97. The molecule has 0 aliphatic rings. The molecule has 0 bridgehead atoms. The Bertz CT molecular complexity index is 642. The molecule has 0 radical (unpaired) electrons. The first-order valence-corrected chi connectivity index (χ1v) is 7.41. The van der Waals surface area contributed by atoms with Gasteiger partial charge in [-0.05, 0) is 42.8 Å². The van der Waals surface area contributed by atoms with Gasteiger partial charge in [-0.1, -0.05) is 13.0 Å². The summed E-state index contributed by atoms with van der Waals surface area (Å²) in [6.45, 7) is 2.67. The van der Waals surface area contributed by atoms with E-state index >= 15 is 0 Å². The van der Waals surface area contributed by atoms with E-state index in [1.807, 2.05) is 25.1 Å². The molecule has 0 unspecified atom stereocenters. The number of nitrogens with zero attached hydrogens (tertiary/aromatic N) is 1. The van der Waals surface area contributed by atoms with Crippen molar-refractivity contribution in [1.29, 1.82) is 0 Å². The third-order valence-electron chi connectivity index (χ3n) is 2.97. The summed E-state index contributed by atoms with van der Waals surface area (Å²) in [5, 5.41) is 5.40. The molecule has 2 rings (SSSR count). The van der Waals surface area contributed by atoms with E-state index in [0.29, 0.717) is 24.4 Å². The molecule has 2 N–H and O–H groups in total. The molecule has 0 saturated carbocycles. The smallest absolute Gasteiger partial charge is 0.338 e. The van der Waals surface area contributed by atoms with Crippen LogP contribution in [-0.2, 0) is 11.3 Å². The quantitative estimate of drug-likeness (QED) is 0.803. The Balaban J connectivity index is 1.83. The van der Waals surface area contributed by atoms with Gasteiger partial charge in [-0.25, -0.2) is 9.59 Å². The Morgan fingerprint density at radius 2 is 1.91 bits per heavy atom. The molecule has 0 spiro atoms. The SMILES string of the molecule is CCCOC(=O)c1ccc(NC(=O)NCc2ccccn2)cc1. The fourth-order valence-corrected chi connectivity index (χ4v) is 1.82. The number of carbonyl (C=O) groups is 2. The van der Waals surface area contributed by atoms with Gasteiger partial charge in [0.05, 0.1) is 24.4 Å². The molecule has 0 fully saturated rings. The van der Waals surface area contributed by atoms with Crippen LogP contribution in [0.2, 0.25) is 0 Å². The number of urea groups is 1. The van der Waals surface area contributed by atoms with Crippen LogP contribution >= 0.6 is 0 Å². The fourth-order valence-electron chi connectivity index (χ4n) is 1.82. The number of esters is 1. The second-order valence-corrected chi connectivity index (χ2v) is 4.84. The second-order valence-electron chi connectivity index (χ2n) is 4.84. The molecule has 2 aromatic rings. The van der Waals surface area contributed by atoms with Crippen molar-refractivity contribution in [2.24, 2.45) is 0 Å². The number of carbonyl (C=O) groups excluding carboxylic acids is 2. The first-order chi connectivity index (χ1) is 11.2. The van der Waals surface area contributed by atoms with Crippen molar-refractivity contribution >= 4 is 17.7 Å². The predicted molar refractivity (Wildman–Crippen MR) is 87.1 cm³/mol. The molecular weight excluding hydrogens is 294 g/mol. The monoisotopic (exact) mass is 313 g/mol. The van der Waals surface area contributed by atoms with Crippen LogP contribution in [0.3, 0.4) is 0 Å². The molecule has 0 atom stereocenters. The van der Waals surface area contributed by atoms with Crippen LogP contribution in [0, 0.1) is 0 Å². The van der Waals surface area contributed by atoms with Gasteiger partial charge >= 0.3 is 12.0 Å². The highest BCUT2D eigenvalue weighted by Gasteiger charge is 2.07. The minimum atomic E-state index is -0.363. The van der Waals surface area contributed by atoms with Gasteiger partial charge < -0.3 is 15.4 Å². The average molecular weight is 313 g/mol. The lowest BCUT2D eigenvalue weighted by atomic mass is 10.2. The van der Waals surface area contributed by atoms with Crippen molar-refractivity contribution in [3.05, 3.63) is 59.9 Å². The van der Waals surface area contributed by atoms with E-state index in [2.05, 4.69) is 15.6 Å². The van der Waals surface area contributed by atoms with E-state index in [4.69, 9.17) is 4.74 Å². The highest BCUT2D eigenvalue weighted by atomic mass is 16.5. The number of pyridine rings is 1. The summed E-state index contributed by atoms with van der Waals surface area (Å²) in [7, 11) is 0. The molecule has 0 saturated heterocycles. The van der Waals surface area contributed by atoms with E-state index in [9.17, 15) is 9.59 Å². The zero-order valence-corrected chi connectivity index (χ0v) is 12.9. The Morgan fingerprint density at radius 3 is 2.57 bits per heavy atom. The lowest BCUT2D eigenvalue weighted by Gasteiger charge is -2.08. The van der Waals surface area contributed by atoms with E-state index in [-0.39, 0.29) is 12.0 Å². The number of nitrogens with one attached hydrogen (secondary N) is 2. The fraction of sp³-hybridized carbons (Fsp3) is 0.235. The van der Waals surface area contributed by atoms with Crippen molar-refractivity contribution in [3.63, 3.8) is 0 Å². The van der Waals surface area contributed by atoms with Crippen molar-refractivity contribution in [2.45, 2.75) is 19.9 Å². The molecule has 0 aliphatic carbocycles. The number of aromatic nitrogens is 1. The third kappa shape index (κ3) is 5.43. The Kier molecular flexibility index (Phi) is 6.11. The van der Waals surface area contributed by atoms with Gasteiger partial charge in [0.2, 0.25) is 0 Å². The van der Waals surface area contributed by atoms with Crippen LogP contribution in [0.1, 0.15) is 29.4 Å². The van der Waals surface area contributed by atoms with Crippen molar-refractivity contribution in [1.82, 2.24) is 10.3 Å². The lowest BCUT2D eigenvalue weighted by molar-refractivity contribution is 0.0505. The maximum absolute atomic E-state index is 11.8. The topological polar surface area (TPSA) is 80.3 Å². The second kappa shape index (κ2) is 8.53. The zero-order valence-electron chi connectivity index (χ0n) is 12.9. The summed E-state index contributed by atoms with van der Waals surface area (Å²) < 4.78 is 5.04. The normalized spacial score (nSPS) is 9.96. The van der Waals surface area contributed by atoms with Gasteiger partial charge in [0.1, 0.15) is 0 Å². The van der Waals surface area contributed by atoms with E-state index < -0.39 is 0 Å². The molecular formula is C17H19N3O3. The van der Waals surface area contributed by atoms with Crippen LogP contribution in [0.4, 0.5) is 10.5 Å². The zero-order chi connectivity index (χ0) is 16.5. The molecule has 2 amide bonds. The molecule has 6 nitrogen and oxygen atoms in total. The van der Waals surface area contributed by atoms with Crippen LogP contribution in [-0.4, -0.2) is 23.6 Å². The molecule has 1 aromatic carbocycles. The molecule has 0 aliphatic heterocycles. The largest absolute Gasteiger partial charge is 0.462 e. The Hall–Kier alpha value is -2.89. The number of rotatable bonds is 6. The van der Waals surface area contributed by atoms with Crippen LogP contribution in [0.25, 0.3) is 0 Å². The average Bonchev–Trinajstić information content (AvgIpc) is 2.59. The third-order valence-corrected chi connectivity index (χ3v) is 2.97. The molecule has 1 heterocycles. The van der Waals surface area contributed by atoms with Gasteiger partial charge in [-0.15, -0.1) is 0 Å². The summed E-state index contributed by atoms with van der Waals surface area (Å²) in [5.41, 5.74) is 1.82. The van der Waals surface area contributed by atoms with Crippen LogP contribution in [0.15, 0.2) is 48.7 Å². The number of hydrogen-bond donors (Lipinski definition) is 2. The lowest BCUT2D eigenvalue weighted by Crippen LogP contribution is -2.28. The van der Waals surface area contributed by atoms with Gasteiger partial charge in [0.25, 0.3) is 0 Å². The number of amides is 2. The standard InChI is InChI=1S/C17H19N3O3/c1-2-11-23-16(21)13-6-8-14(9-7-13)20-17(22)19-12-15-5-3-4-10-18-15/h3-10H,2,11-12H2,1H3,(H2,19,20,22). The summed E-state index contributed by atoms with van der Waals surface area (Å²) in [6.07, 6.45) is 2.45. The first-order valence-electron chi connectivity index (χ1n) is 7.41. The number of benzene rings is 1. The van der Waals surface area contributed by atoms with Crippen LogP contribution < -0.4 is 10.6 Å². The van der Waals surface area contributed by atoms with Gasteiger partial charge in [-0.3, -0.25) is 4.98 Å². The highest BCUT2D eigenvalue weighted by Crippen LogP contribution is 2.10. The first kappa shape index (κ1) is 16.5. The van der Waals surface area contributed by atoms with E-state index in [0.717, 1.165) is 12.1 Å². The molecule has 120 valence electrons. The summed E-state index contributed by atoms with van der Waals surface area (Å²) in [5.74, 6) is -0.363. The Morgan fingerprint density at radius 1 is 1.13 bits per heavy atom. The maximum atomic E-state index is 11.8. The minimum Gasteiger partial charge on any atom is -0.462 e. The van der Waals surface area contributed by atoms with Gasteiger partial charge in [-0.2, -0.15) is 0 Å². The summed E-state index contributed by atoms with van der Waals surface area (Å²) in [6, 6.07) is 11.7. The highest BCUT2D eigenvalue weighted by molar-refractivity contribution is 5.92. The van der Waals surface area contributed by atoms with Crippen molar-refractivity contribution in [2.75, 3.05) is 11.9 Å². The maximum Gasteiger partial charge on any atom is 0.338 e. The van der Waals surface area contributed by atoms with E-state index in [1.165, 1.54) is 0 Å².